The molecule has 2 aliphatic heterocycles. The molecular formula is C15H20FNO3. The standard InChI is InChI=1S/C15H20FNO3/c1-10(16)11-7-13-14(19-5-2-4-18-13)8-12(11)15-9-17-3-6-20-15/h7-8,10,15,17H,2-6,9H2,1H3. The van der Waals surface area contributed by atoms with Crippen molar-refractivity contribution >= 4 is 0 Å². The molecule has 1 fully saturated rings. The Morgan fingerprint density at radius 3 is 2.60 bits per heavy atom. The van der Waals surface area contributed by atoms with E-state index >= 15 is 0 Å². The maximum Gasteiger partial charge on any atom is 0.161 e. The average molecular weight is 281 g/mol. The highest BCUT2D eigenvalue weighted by Gasteiger charge is 2.25. The van der Waals surface area contributed by atoms with Crippen LogP contribution in [0.5, 0.6) is 11.5 Å². The van der Waals surface area contributed by atoms with Gasteiger partial charge in [-0.25, -0.2) is 4.39 Å². The Morgan fingerprint density at radius 2 is 1.95 bits per heavy atom. The molecule has 1 aromatic carbocycles. The lowest BCUT2D eigenvalue weighted by atomic mass is 9.97. The minimum atomic E-state index is -1.06. The summed E-state index contributed by atoms with van der Waals surface area (Å²) in [5, 5.41) is 3.27. The molecule has 0 spiro atoms. The zero-order valence-electron chi connectivity index (χ0n) is 11.7. The van der Waals surface area contributed by atoms with Crippen molar-refractivity contribution in [3.63, 3.8) is 0 Å². The molecule has 2 unspecified atom stereocenters. The van der Waals surface area contributed by atoms with E-state index < -0.39 is 6.17 Å². The predicted molar refractivity (Wildman–Crippen MR) is 73.1 cm³/mol. The first-order chi connectivity index (χ1) is 9.75. The summed E-state index contributed by atoms with van der Waals surface area (Å²) >= 11 is 0. The summed E-state index contributed by atoms with van der Waals surface area (Å²) in [4.78, 5) is 0. The molecule has 0 aliphatic carbocycles. The van der Waals surface area contributed by atoms with Crippen LogP contribution in [0.2, 0.25) is 0 Å². The van der Waals surface area contributed by atoms with Crippen molar-refractivity contribution in [1.29, 1.82) is 0 Å². The molecule has 1 aromatic rings. The normalized spacial score (nSPS) is 24.0. The van der Waals surface area contributed by atoms with Gasteiger partial charge in [-0.2, -0.15) is 0 Å². The third-order valence-electron chi connectivity index (χ3n) is 3.66. The van der Waals surface area contributed by atoms with Gasteiger partial charge in [-0.15, -0.1) is 0 Å². The molecule has 5 heteroatoms. The van der Waals surface area contributed by atoms with Gasteiger partial charge in [0.05, 0.1) is 25.9 Å². The second kappa shape index (κ2) is 5.97. The fraction of sp³-hybridized carbons (Fsp3) is 0.600. The van der Waals surface area contributed by atoms with Crippen LogP contribution in [0, 0.1) is 0 Å². The Kier molecular flexibility index (Phi) is 4.08. The zero-order chi connectivity index (χ0) is 13.9. The van der Waals surface area contributed by atoms with Gasteiger partial charge < -0.3 is 19.5 Å². The van der Waals surface area contributed by atoms with Gasteiger partial charge in [0.1, 0.15) is 6.17 Å². The van der Waals surface area contributed by atoms with Crippen molar-refractivity contribution < 1.29 is 18.6 Å². The minimum Gasteiger partial charge on any atom is -0.490 e. The van der Waals surface area contributed by atoms with E-state index in [0.29, 0.717) is 43.4 Å². The fourth-order valence-corrected chi connectivity index (χ4v) is 2.63. The first-order valence-corrected chi connectivity index (χ1v) is 7.15. The van der Waals surface area contributed by atoms with Crippen molar-refractivity contribution in [2.45, 2.75) is 25.6 Å². The highest BCUT2D eigenvalue weighted by Crippen LogP contribution is 2.39. The number of hydrogen-bond acceptors (Lipinski definition) is 4. The minimum absolute atomic E-state index is 0.130. The molecule has 20 heavy (non-hydrogen) atoms. The predicted octanol–water partition coefficient (Wildman–Crippen LogP) is 2.54. The van der Waals surface area contributed by atoms with Crippen molar-refractivity contribution in [3.8, 4) is 11.5 Å². The summed E-state index contributed by atoms with van der Waals surface area (Å²) in [5.41, 5.74) is 1.49. The molecule has 3 rings (SSSR count). The number of fused-ring (bicyclic) bond motifs is 1. The van der Waals surface area contributed by atoms with Gasteiger partial charge >= 0.3 is 0 Å². The number of halogens is 1. The number of hydrogen-bond donors (Lipinski definition) is 1. The SMILES string of the molecule is CC(F)c1cc2c(cc1C1CNCCO1)OCCCO2. The lowest BCUT2D eigenvalue weighted by Crippen LogP contribution is -2.33. The van der Waals surface area contributed by atoms with Gasteiger partial charge in [-0.1, -0.05) is 0 Å². The van der Waals surface area contributed by atoms with Crippen LogP contribution in [-0.2, 0) is 4.74 Å². The van der Waals surface area contributed by atoms with Crippen LogP contribution in [0.1, 0.15) is 36.7 Å². The highest BCUT2D eigenvalue weighted by molar-refractivity contribution is 5.49. The third-order valence-corrected chi connectivity index (χ3v) is 3.66. The van der Waals surface area contributed by atoms with E-state index in [0.717, 1.165) is 18.5 Å². The van der Waals surface area contributed by atoms with E-state index in [1.165, 1.54) is 0 Å². The molecule has 0 aromatic heterocycles. The van der Waals surface area contributed by atoms with Gasteiger partial charge in [0.25, 0.3) is 0 Å². The summed E-state index contributed by atoms with van der Waals surface area (Å²) in [7, 11) is 0. The summed E-state index contributed by atoms with van der Waals surface area (Å²) in [5.74, 6) is 1.32. The van der Waals surface area contributed by atoms with Crippen LogP contribution in [0.4, 0.5) is 4.39 Å². The van der Waals surface area contributed by atoms with Crippen molar-refractivity contribution in [2.24, 2.45) is 0 Å². The van der Waals surface area contributed by atoms with E-state index in [4.69, 9.17) is 14.2 Å². The third kappa shape index (κ3) is 2.74. The number of rotatable bonds is 2. The monoisotopic (exact) mass is 281 g/mol. The Bertz CT molecular complexity index is 472. The van der Waals surface area contributed by atoms with E-state index in [1.54, 1.807) is 13.0 Å². The molecule has 1 saturated heterocycles. The Labute approximate surface area is 118 Å². The van der Waals surface area contributed by atoms with E-state index in [-0.39, 0.29) is 6.10 Å². The number of morpholine rings is 1. The number of nitrogens with one attached hydrogen (secondary N) is 1. The average Bonchev–Trinajstić information content (AvgIpc) is 2.71. The molecule has 110 valence electrons. The molecule has 2 atom stereocenters. The van der Waals surface area contributed by atoms with Crippen LogP contribution in [0.3, 0.4) is 0 Å². The summed E-state index contributed by atoms with van der Waals surface area (Å²) < 4.78 is 31.0. The van der Waals surface area contributed by atoms with E-state index in [1.807, 2.05) is 6.07 Å². The first-order valence-electron chi connectivity index (χ1n) is 7.15. The molecule has 4 nitrogen and oxygen atoms in total. The largest absolute Gasteiger partial charge is 0.490 e. The quantitative estimate of drug-likeness (QED) is 0.904. The van der Waals surface area contributed by atoms with Gasteiger partial charge in [-0.05, 0) is 30.2 Å². The van der Waals surface area contributed by atoms with Crippen molar-refractivity contribution in [2.75, 3.05) is 32.9 Å². The summed E-state index contributed by atoms with van der Waals surface area (Å²) in [6, 6.07) is 3.64. The van der Waals surface area contributed by atoms with Crippen LogP contribution in [0.15, 0.2) is 12.1 Å². The van der Waals surface area contributed by atoms with Gasteiger partial charge in [0, 0.05) is 19.5 Å². The van der Waals surface area contributed by atoms with Crippen molar-refractivity contribution in [1.82, 2.24) is 5.32 Å². The molecule has 0 amide bonds. The maximum absolute atomic E-state index is 13.9. The van der Waals surface area contributed by atoms with Crippen LogP contribution in [0.25, 0.3) is 0 Å². The molecular weight excluding hydrogens is 261 g/mol. The van der Waals surface area contributed by atoms with Gasteiger partial charge in [0.15, 0.2) is 11.5 Å². The second-order valence-electron chi connectivity index (χ2n) is 5.16. The Hall–Kier alpha value is -1.33. The maximum atomic E-state index is 13.9. The van der Waals surface area contributed by atoms with Crippen molar-refractivity contribution in [3.05, 3.63) is 23.3 Å². The Balaban J connectivity index is 1.99. The number of alkyl halides is 1. The number of benzene rings is 1. The van der Waals surface area contributed by atoms with E-state index in [2.05, 4.69) is 5.32 Å². The van der Waals surface area contributed by atoms with Gasteiger partial charge in [0.2, 0.25) is 0 Å². The first kappa shape index (κ1) is 13.6. The second-order valence-corrected chi connectivity index (χ2v) is 5.16. The molecule has 1 N–H and O–H groups in total. The summed E-state index contributed by atoms with van der Waals surface area (Å²) in [6.45, 7) is 4.94. The summed E-state index contributed by atoms with van der Waals surface area (Å²) in [6.07, 6.45) is -0.353. The topological polar surface area (TPSA) is 39.7 Å². The lowest BCUT2D eigenvalue weighted by molar-refractivity contribution is 0.0263. The molecule has 2 heterocycles. The zero-order valence-corrected chi connectivity index (χ0v) is 11.7. The van der Waals surface area contributed by atoms with Gasteiger partial charge in [-0.3, -0.25) is 0 Å². The van der Waals surface area contributed by atoms with Crippen LogP contribution < -0.4 is 14.8 Å². The molecule has 0 bridgehead atoms. The van der Waals surface area contributed by atoms with E-state index in [9.17, 15) is 4.39 Å². The van der Waals surface area contributed by atoms with Crippen LogP contribution in [-0.4, -0.2) is 32.9 Å². The fourth-order valence-electron chi connectivity index (χ4n) is 2.63. The highest BCUT2D eigenvalue weighted by atomic mass is 19.1. The van der Waals surface area contributed by atoms with Crippen LogP contribution >= 0.6 is 0 Å². The molecule has 0 saturated carbocycles. The smallest absolute Gasteiger partial charge is 0.161 e. The Morgan fingerprint density at radius 1 is 1.20 bits per heavy atom. The molecule has 0 radical (unpaired) electrons. The lowest BCUT2D eigenvalue weighted by Gasteiger charge is -2.27. The molecule has 2 aliphatic rings. The number of ether oxygens (including phenoxy) is 3.